The van der Waals surface area contributed by atoms with Gasteiger partial charge in [0.2, 0.25) is 5.91 Å². The Morgan fingerprint density at radius 2 is 1.81 bits per heavy atom. The van der Waals surface area contributed by atoms with Gasteiger partial charge < -0.3 is 19.3 Å². The molecule has 0 atom stereocenters. The van der Waals surface area contributed by atoms with E-state index in [9.17, 15) is 19.5 Å². The molecule has 1 N–H and O–H groups in total. The standard InChI is InChI=1S/C22H25NO7S/c1-4-9-17(24)23-21-19(22(27)29-6-3)20(26)16(31-21)12-14-10-7-8-11-15(14)30-13-18(25)28-5-2/h7-8,10-12,26H,4-6,9,13H2,1-3H3/b16-12-,23-21?. The maximum Gasteiger partial charge on any atom is 0.344 e. The highest BCUT2D eigenvalue weighted by Crippen LogP contribution is 2.40. The smallest absolute Gasteiger partial charge is 0.344 e. The molecule has 0 bridgehead atoms. The minimum atomic E-state index is -0.759. The molecule has 0 spiro atoms. The molecule has 9 heteroatoms. The van der Waals surface area contributed by atoms with Crippen LogP contribution in [0.1, 0.15) is 39.2 Å². The Morgan fingerprint density at radius 3 is 2.48 bits per heavy atom. The van der Waals surface area contributed by atoms with Gasteiger partial charge in [0.05, 0.1) is 18.1 Å². The lowest BCUT2D eigenvalue weighted by Crippen LogP contribution is -2.14. The Kier molecular flexibility index (Phi) is 9.33. The second-order valence-electron chi connectivity index (χ2n) is 6.25. The first-order valence-electron chi connectivity index (χ1n) is 9.90. The van der Waals surface area contributed by atoms with Gasteiger partial charge in [-0.3, -0.25) is 4.79 Å². The minimum absolute atomic E-state index is 0.0885. The van der Waals surface area contributed by atoms with Crippen molar-refractivity contribution in [1.29, 1.82) is 0 Å². The van der Waals surface area contributed by atoms with Crippen molar-refractivity contribution in [2.45, 2.75) is 33.6 Å². The van der Waals surface area contributed by atoms with E-state index in [4.69, 9.17) is 14.2 Å². The first-order chi connectivity index (χ1) is 14.9. The van der Waals surface area contributed by atoms with Crippen LogP contribution in [-0.2, 0) is 23.9 Å². The van der Waals surface area contributed by atoms with Crippen molar-refractivity contribution < 1.29 is 33.7 Å². The van der Waals surface area contributed by atoms with Crippen molar-refractivity contribution in [2.75, 3.05) is 19.8 Å². The highest BCUT2D eigenvalue weighted by Gasteiger charge is 2.33. The number of rotatable bonds is 9. The Balaban J connectivity index is 2.38. The molecule has 0 fully saturated rings. The molecule has 166 valence electrons. The molecule has 1 amide bonds. The van der Waals surface area contributed by atoms with Gasteiger partial charge in [0.1, 0.15) is 22.1 Å². The summed E-state index contributed by atoms with van der Waals surface area (Å²) in [5.41, 5.74) is 0.415. The third-order valence-corrected chi connectivity index (χ3v) is 4.94. The number of esters is 2. The monoisotopic (exact) mass is 447 g/mol. The number of ether oxygens (including phenoxy) is 3. The Labute approximate surface area is 185 Å². The van der Waals surface area contributed by atoms with E-state index in [-0.39, 0.29) is 48.5 Å². The predicted molar refractivity (Wildman–Crippen MR) is 118 cm³/mol. The normalized spacial score (nSPS) is 16.0. The number of amides is 1. The molecule has 2 rings (SSSR count). The second kappa shape index (κ2) is 11.9. The lowest BCUT2D eigenvalue weighted by molar-refractivity contribution is -0.145. The lowest BCUT2D eigenvalue weighted by Gasteiger charge is -2.09. The average Bonchev–Trinajstić information content (AvgIpc) is 3.02. The SMILES string of the molecule is CCCC(=O)N=C1S/C(=C\c2ccccc2OCC(=O)OCC)C(O)=C1C(=O)OCC. The topological polar surface area (TPSA) is 111 Å². The van der Waals surface area contributed by atoms with Gasteiger partial charge in [-0.2, -0.15) is 0 Å². The third-order valence-electron chi connectivity index (χ3n) is 3.92. The quantitative estimate of drug-likeness (QED) is 0.569. The lowest BCUT2D eigenvalue weighted by atomic mass is 10.1. The Morgan fingerprint density at radius 1 is 1.10 bits per heavy atom. The zero-order valence-electron chi connectivity index (χ0n) is 17.7. The molecule has 0 aromatic heterocycles. The fourth-order valence-electron chi connectivity index (χ4n) is 2.59. The van der Waals surface area contributed by atoms with Gasteiger partial charge in [-0.1, -0.05) is 36.9 Å². The summed E-state index contributed by atoms with van der Waals surface area (Å²) < 4.78 is 15.4. The van der Waals surface area contributed by atoms with E-state index in [1.807, 2.05) is 6.92 Å². The molecule has 0 radical (unpaired) electrons. The number of carbonyl (C=O) groups is 3. The van der Waals surface area contributed by atoms with E-state index in [1.54, 1.807) is 44.2 Å². The summed E-state index contributed by atoms with van der Waals surface area (Å²) in [6.45, 7) is 5.28. The number of aliphatic hydroxyl groups excluding tert-OH is 1. The number of hydrogen-bond donors (Lipinski definition) is 1. The van der Waals surface area contributed by atoms with Crippen LogP contribution < -0.4 is 4.74 Å². The van der Waals surface area contributed by atoms with Crippen LogP contribution in [0.5, 0.6) is 5.75 Å². The summed E-state index contributed by atoms with van der Waals surface area (Å²) in [4.78, 5) is 40.3. The van der Waals surface area contributed by atoms with E-state index in [0.717, 1.165) is 11.8 Å². The summed E-state index contributed by atoms with van der Waals surface area (Å²) in [5.74, 6) is -1.59. The molecule has 0 saturated carbocycles. The van der Waals surface area contributed by atoms with Crippen LogP contribution in [0.3, 0.4) is 0 Å². The van der Waals surface area contributed by atoms with Gasteiger partial charge in [-0.25, -0.2) is 14.6 Å². The molecule has 31 heavy (non-hydrogen) atoms. The second-order valence-corrected chi connectivity index (χ2v) is 7.28. The molecule has 0 aliphatic carbocycles. The summed E-state index contributed by atoms with van der Waals surface area (Å²) in [6.07, 6.45) is 2.43. The van der Waals surface area contributed by atoms with Gasteiger partial charge in [0.25, 0.3) is 0 Å². The summed E-state index contributed by atoms with van der Waals surface area (Å²) in [6, 6.07) is 6.89. The first-order valence-corrected chi connectivity index (χ1v) is 10.7. The van der Waals surface area contributed by atoms with Crippen LogP contribution in [0.15, 0.2) is 45.5 Å². The zero-order valence-corrected chi connectivity index (χ0v) is 18.5. The molecule has 1 aromatic carbocycles. The Bertz CT molecular complexity index is 934. The maximum absolute atomic E-state index is 12.4. The number of hydrogen-bond acceptors (Lipinski definition) is 8. The highest BCUT2D eigenvalue weighted by atomic mass is 32.2. The van der Waals surface area contributed by atoms with E-state index >= 15 is 0 Å². The van der Waals surface area contributed by atoms with Crippen LogP contribution in [0.4, 0.5) is 0 Å². The molecule has 8 nitrogen and oxygen atoms in total. The van der Waals surface area contributed by atoms with Crippen molar-refractivity contribution in [3.8, 4) is 5.75 Å². The molecule has 1 aliphatic rings. The number of aliphatic hydroxyl groups is 1. The van der Waals surface area contributed by atoms with E-state index < -0.39 is 11.9 Å². The minimum Gasteiger partial charge on any atom is -0.506 e. The molecule has 1 heterocycles. The molecular formula is C22H25NO7S. The summed E-state index contributed by atoms with van der Waals surface area (Å²) in [7, 11) is 0. The van der Waals surface area contributed by atoms with Gasteiger partial charge in [-0.05, 0) is 32.4 Å². The van der Waals surface area contributed by atoms with Crippen LogP contribution >= 0.6 is 11.8 Å². The van der Waals surface area contributed by atoms with Crippen molar-refractivity contribution in [3.05, 3.63) is 46.1 Å². The van der Waals surface area contributed by atoms with Crippen LogP contribution in [0, 0.1) is 0 Å². The van der Waals surface area contributed by atoms with E-state index in [2.05, 4.69) is 4.99 Å². The molecule has 1 aromatic rings. The summed E-state index contributed by atoms with van der Waals surface area (Å²) >= 11 is 0.989. The van der Waals surface area contributed by atoms with Crippen molar-refractivity contribution in [1.82, 2.24) is 0 Å². The maximum atomic E-state index is 12.4. The number of carbonyl (C=O) groups excluding carboxylic acids is 3. The number of aliphatic imine (C=N–C) groups is 1. The Hall–Kier alpha value is -3.07. The number of para-hydroxylation sites is 1. The summed E-state index contributed by atoms with van der Waals surface area (Å²) in [5, 5.41) is 10.8. The molecule has 0 saturated heterocycles. The van der Waals surface area contributed by atoms with Crippen LogP contribution in [0.2, 0.25) is 0 Å². The van der Waals surface area contributed by atoms with Crippen LogP contribution in [-0.4, -0.2) is 47.8 Å². The largest absolute Gasteiger partial charge is 0.506 e. The zero-order chi connectivity index (χ0) is 22.8. The van der Waals surface area contributed by atoms with Gasteiger partial charge in [0, 0.05) is 12.0 Å². The van der Waals surface area contributed by atoms with Gasteiger partial charge in [-0.15, -0.1) is 0 Å². The highest BCUT2D eigenvalue weighted by molar-refractivity contribution is 8.18. The molecule has 1 aliphatic heterocycles. The van der Waals surface area contributed by atoms with Gasteiger partial charge >= 0.3 is 11.9 Å². The van der Waals surface area contributed by atoms with Crippen molar-refractivity contribution >= 4 is 40.7 Å². The number of nitrogens with zero attached hydrogens (tertiary/aromatic N) is 1. The van der Waals surface area contributed by atoms with Crippen LogP contribution in [0.25, 0.3) is 6.08 Å². The van der Waals surface area contributed by atoms with Crippen molar-refractivity contribution in [2.24, 2.45) is 4.99 Å². The first kappa shape index (κ1) is 24.2. The number of benzene rings is 1. The predicted octanol–water partition coefficient (Wildman–Crippen LogP) is 3.82. The van der Waals surface area contributed by atoms with Crippen molar-refractivity contribution in [3.63, 3.8) is 0 Å². The number of thioether (sulfide) groups is 1. The third kappa shape index (κ3) is 6.71. The average molecular weight is 448 g/mol. The molecule has 0 unspecified atom stereocenters. The van der Waals surface area contributed by atoms with E-state index in [0.29, 0.717) is 22.6 Å². The van der Waals surface area contributed by atoms with Gasteiger partial charge in [0.15, 0.2) is 6.61 Å². The fraction of sp³-hybridized carbons (Fsp3) is 0.364. The van der Waals surface area contributed by atoms with E-state index in [1.165, 1.54) is 0 Å². The molecular weight excluding hydrogens is 422 g/mol. The fourth-order valence-corrected chi connectivity index (χ4v) is 3.61.